The Morgan fingerprint density at radius 3 is 2.59 bits per heavy atom. The number of benzene rings is 2. The molecule has 0 aliphatic carbocycles. The van der Waals surface area contributed by atoms with Gasteiger partial charge in [-0.05, 0) is 67.5 Å². The molecule has 2 rings (SSSR count). The number of anilines is 1. The molecule has 0 heterocycles. The van der Waals surface area contributed by atoms with Crippen molar-refractivity contribution in [1.82, 2.24) is 5.32 Å². The number of nitrogens with one attached hydrogen (secondary N) is 2. The standard InChI is InChI=1S/C17H19ClN2S2/c1-12-4-3-5-16(13(12)2)20-17(21)19-10-11-22-15-8-6-14(18)7-9-15/h3-9H,10-11H2,1-2H3,(H2,19,20,21). The third kappa shape index (κ3) is 5.20. The van der Waals surface area contributed by atoms with Crippen molar-refractivity contribution in [3.8, 4) is 0 Å². The number of rotatable bonds is 5. The second-order valence-corrected chi connectivity index (χ2v) is 6.94. The molecule has 0 fully saturated rings. The Morgan fingerprint density at radius 2 is 1.86 bits per heavy atom. The van der Waals surface area contributed by atoms with Crippen molar-refractivity contribution in [2.24, 2.45) is 0 Å². The van der Waals surface area contributed by atoms with Gasteiger partial charge in [-0.1, -0.05) is 23.7 Å². The molecule has 0 amide bonds. The van der Waals surface area contributed by atoms with Crippen LogP contribution in [0.2, 0.25) is 5.02 Å². The Balaban J connectivity index is 1.74. The lowest BCUT2D eigenvalue weighted by atomic mass is 10.1. The molecular formula is C17H19ClN2S2. The zero-order valence-electron chi connectivity index (χ0n) is 12.7. The summed E-state index contributed by atoms with van der Waals surface area (Å²) in [4.78, 5) is 1.21. The van der Waals surface area contributed by atoms with E-state index in [1.807, 2.05) is 36.4 Å². The van der Waals surface area contributed by atoms with Gasteiger partial charge in [0.05, 0.1) is 0 Å². The van der Waals surface area contributed by atoms with E-state index < -0.39 is 0 Å². The average molecular weight is 351 g/mol. The van der Waals surface area contributed by atoms with Crippen LogP contribution >= 0.6 is 35.6 Å². The number of aryl methyl sites for hydroxylation is 1. The van der Waals surface area contributed by atoms with Gasteiger partial charge in [-0.2, -0.15) is 0 Å². The molecule has 0 saturated carbocycles. The van der Waals surface area contributed by atoms with E-state index in [4.69, 9.17) is 23.8 Å². The first kappa shape index (κ1) is 17.1. The summed E-state index contributed by atoms with van der Waals surface area (Å²) in [6, 6.07) is 14.0. The Hall–Kier alpha value is -1.23. The zero-order valence-corrected chi connectivity index (χ0v) is 15.0. The SMILES string of the molecule is Cc1cccc(NC(=S)NCCSc2ccc(Cl)cc2)c1C. The molecule has 2 aromatic carbocycles. The van der Waals surface area contributed by atoms with E-state index in [1.54, 1.807) is 11.8 Å². The highest BCUT2D eigenvalue weighted by atomic mass is 35.5. The van der Waals surface area contributed by atoms with Crippen LogP contribution in [-0.4, -0.2) is 17.4 Å². The van der Waals surface area contributed by atoms with E-state index in [1.165, 1.54) is 16.0 Å². The van der Waals surface area contributed by atoms with Gasteiger partial charge in [0.25, 0.3) is 0 Å². The van der Waals surface area contributed by atoms with E-state index in [0.717, 1.165) is 23.0 Å². The van der Waals surface area contributed by atoms with Crippen LogP contribution in [0.25, 0.3) is 0 Å². The second-order valence-electron chi connectivity index (χ2n) is 4.93. The van der Waals surface area contributed by atoms with Crippen molar-refractivity contribution in [3.63, 3.8) is 0 Å². The molecule has 0 radical (unpaired) electrons. The van der Waals surface area contributed by atoms with Crippen molar-refractivity contribution in [3.05, 3.63) is 58.6 Å². The maximum Gasteiger partial charge on any atom is 0.170 e. The lowest BCUT2D eigenvalue weighted by molar-refractivity contribution is 0.989. The van der Waals surface area contributed by atoms with Gasteiger partial charge in [0.15, 0.2) is 5.11 Å². The fraction of sp³-hybridized carbons (Fsp3) is 0.235. The molecule has 2 N–H and O–H groups in total. The molecule has 0 spiro atoms. The zero-order chi connectivity index (χ0) is 15.9. The molecule has 116 valence electrons. The molecule has 0 aromatic heterocycles. The van der Waals surface area contributed by atoms with E-state index in [-0.39, 0.29) is 0 Å². The number of halogens is 1. The van der Waals surface area contributed by atoms with Gasteiger partial charge in [-0.3, -0.25) is 0 Å². The van der Waals surface area contributed by atoms with Crippen LogP contribution in [0.15, 0.2) is 47.4 Å². The summed E-state index contributed by atoms with van der Waals surface area (Å²) in [5.74, 6) is 0.941. The molecule has 0 aliphatic rings. The van der Waals surface area contributed by atoms with E-state index >= 15 is 0 Å². The van der Waals surface area contributed by atoms with Crippen LogP contribution in [0, 0.1) is 13.8 Å². The largest absolute Gasteiger partial charge is 0.362 e. The number of thioether (sulfide) groups is 1. The van der Waals surface area contributed by atoms with Gasteiger partial charge in [0, 0.05) is 27.9 Å². The number of thiocarbonyl (C=S) groups is 1. The number of hydrogen-bond acceptors (Lipinski definition) is 2. The van der Waals surface area contributed by atoms with Crippen molar-refractivity contribution < 1.29 is 0 Å². The molecule has 22 heavy (non-hydrogen) atoms. The van der Waals surface area contributed by atoms with Crippen LogP contribution in [-0.2, 0) is 0 Å². The Kier molecular flexibility index (Phi) is 6.55. The lowest BCUT2D eigenvalue weighted by Crippen LogP contribution is -2.30. The van der Waals surface area contributed by atoms with E-state index in [2.05, 4.69) is 30.5 Å². The van der Waals surface area contributed by atoms with Gasteiger partial charge in [-0.15, -0.1) is 11.8 Å². The van der Waals surface area contributed by atoms with E-state index in [0.29, 0.717) is 5.11 Å². The van der Waals surface area contributed by atoms with Gasteiger partial charge in [0.1, 0.15) is 0 Å². The fourth-order valence-electron chi connectivity index (χ4n) is 1.92. The first-order valence-corrected chi connectivity index (χ1v) is 8.83. The van der Waals surface area contributed by atoms with Crippen molar-refractivity contribution >= 4 is 46.4 Å². The normalized spacial score (nSPS) is 10.3. The van der Waals surface area contributed by atoms with Crippen LogP contribution < -0.4 is 10.6 Å². The van der Waals surface area contributed by atoms with Crippen LogP contribution in [0.4, 0.5) is 5.69 Å². The monoisotopic (exact) mass is 350 g/mol. The molecule has 0 bridgehead atoms. The Morgan fingerprint density at radius 1 is 1.14 bits per heavy atom. The summed E-state index contributed by atoms with van der Waals surface area (Å²) in [6.45, 7) is 5.00. The maximum atomic E-state index is 5.87. The first-order valence-electron chi connectivity index (χ1n) is 7.05. The summed E-state index contributed by atoms with van der Waals surface area (Å²) in [5.41, 5.74) is 3.54. The summed E-state index contributed by atoms with van der Waals surface area (Å²) < 4.78 is 0. The third-order valence-corrected chi connectivity index (χ3v) is 4.83. The number of hydrogen-bond donors (Lipinski definition) is 2. The summed E-state index contributed by atoms with van der Waals surface area (Å²) in [7, 11) is 0. The second kappa shape index (κ2) is 8.42. The minimum absolute atomic E-state index is 0.658. The average Bonchev–Trinajstić information content (AvgIpc) is 2.50. The molecule has 2 nitrogen and oxygen atoms in total. The van der Waals surface area contributed by atoms with Crippen LogP contribution in [0.5, 0.6) is 0 Å². The molecule has 2 aromatic rings. The highest BCUT2D eigenvalue weighted by Crippen LogP contribution is 2.20. The minimum Gasteiger partial charge on any atom is -0.362 e. The van der Waals surface area contributed by atoms with Crippen molar-refractivity contribution in [2.45, 2.75) is 18.7 Å². The first-order chi connectivity index (χ1) is 10.6. The summed E-state index contributed by atoms with van der Waals surface area (Å²) in [6.07, 6.45) is 0. The Labute approximate surface area is 146 Å². The Bertz CT molecular complexity index is 642. The van der Waals surface area contributed by atoms with Gasteiger partial charge in [-0.25, -0.2) is 0 Å². The topological polar surface area (TPSA) is 24.1 Å². The predicted molar refractivity (Wildman–Crippen MR) is 102 cm³/mol. The fourth-order valence-corrected chi connectivity index (χ4v) is 3.02. The maximum absolute atomic E-state index is 5.87. The van der Waals surface area contributed by atoms with Gasteiger partial charge in [0.2, 0.25) is 0 Å². The van der Waals surface area contributed by atoms with E-state index in [9.17, 15) is 0 Å². The van der Waals surface area contributed by atoms with Crippen molar-refractivity contribution in [2.75, 3.05) is 17.6 Å². The molecular weight excluding hydrogens is 332 g/mol. The molecule has 5 heteroatoms. The quantitative estimate of drug-likeness (QED) is 0.448. The highest BCUT2D eigenvalue weighted by molar-refractivity contribution is 7.99. The summed E-state index contributed by atoms with van der Waals surface area (Å²) >= 11 is 13.0. The van der Waals surface area contributed by atoms with Crippen LogP contribution in [0.3, 0.4) is 0 Å². The van der Waals surface area contributed by atoms with Gasteiger partial charge < -0.3 is 10.6 Å². The smallest absolute Gasteiger partial charge is 0.170 e. The lowest BCUT2D eigenvalue weighted by Gasteiger charge is -2.13. The molecule has 0 unspecified atom stereocenters. The summed E-state index contributed by atoms with van der Waals surface area (Å²) in [5, 5.41) is 7.91. The molecule has 0 aliphatic heterocycles. The van der Waals surface area contributed by atoms with Gasteiger partial charge >= 0.3 is 0 Å². The predicted octanol–water partition coefficient (Wildman–Crippen LogP) is 5.04. The van der Waals surface area contributed by atoms with Crippen LogP contribution in [0.1, 0.15) is 11.1 Å². The third-order valence-electron chi connectivity index (χ3n) is 3.32. The molecule has 0 atom stereocenters. The minimum atomic E-state index is 0.658. The van der Waals surface area contributed by atoms with Crippen molar-refractivity contribution in [1.29, 1.82) is 0 Å². The molecule has 0 saturated heterocycles. The highest BCUT2D eigenvalue weighted by Gasteiger charge is 2.02.